The number of piperidine rings is 1. The molecule has 8 heteroatoms. The molecular weight excluding hydrogens is 490 g/mol. The standard InChI is InChI=1S/C31H39N5O3/c1-22(2)33-29(37)21-36-30(26-11-7-10-23(3)25(26)12-8-15-32)34-28-14-13-24(20-27(28)31(36)38)39-19-9-18-35-16-5-4-6-17-35/h7-8,10-15,20,22H,3-6,9,16-19,21,32H2,1-2H3,(H,33,37)/b15-8-,25-12+. The molecule has 0 aliphatic carbocycles. The number of carbonyl (C=O) groups is 1. The van der Waals surface area contributed by atoms with Gasteiger partial charge in [-0.1, -0.05) is 37.3 Å². The maximum Gasteiger partial charge on any atom is 0.262 e. The molecule has 0 spiro atoms. The van der Waals surface area contributed by atoms with Crippen molar-refractivity contribution in [1.82, 2.24) is 19.8 Å². The first kappa shape index (κ1) is 28.1. The summed E-state index contributed by atoms with van der Waals surface area (Å²) in [6.07, 6.45) is 9.74. The molecule has 1 aliphatic heterocycles. The summed E-state index contributed by atoms with van der Waals surface area (Å²) in [5, 5.41) is 4.81. The number of benzene rings is 2. The zero-order chi connectivity index (χ0) is 27.8. The fourth-order valence-corrected chi connectivity index (χ4v) is 4.97. The molecule has 1 aromatic heterocycles. The van der Waals surface area contributed by atoms with Crippen LogP contribution < -0.4 is 31.8 Å². The summed E-state index contributed by atoms with van der Waals surface area (Å²) in [5.74, 6) is 0.745. The van der Waals surface area contributed by atoms with Gasteiger partial charge < -0.3 is 20.7 Å². The average Bonchev–Trinajstić information content (AvgIpc) is 2.92. The second-order valence-corrected chi connectivity index (χ2v) is 10.3. The van der Waals surface area contributed by atoms with Crippen molar-refractivity contribution in [3.8, 4) is 17.1 Å². The number of aromatic nitrogens is 2. The monoisotopic (exact) mass is 529 g/mol. The molecule has 1 amide bonds. The number of likely N-dealkylation sites (tertiary alicyclic amines) is 1. The predicted molar refractivity (Wildman–Crippen MR) is 158 cm³/mol. The Bertz CT molecular complexity index is 1500. The van der Waals surface area contributed by atoms with Gasteiger partial charge in [-0.15, -0.1) is 0 Å². The predicted octanol–water partition coefficient (Wildman–Crippen LogP) is 2.51. The van der Waals surface area contributed by atoms with Gasteiger partial charge in [0.2, 0.25) is 5.91 Å². The highest BCUT2D eigenvalue weighted by molar-refractivity contribution is 5.83. The lowest BCUT2D eigenvalue weighted by Crippen LogP contribution is -2.37. The summed E-state index contributed by atoms with van der Waals surface area (Å²) in [5.41, 5.74) is 6.50. The molecule has 0 atom stereocenters. The van der Waals surface area contributed by atoms with E-state index in [0.29, 0.717) is 34.6 Å². The Kier molecular flexibility index (Phi) is 9.54. The molecule has 1 aliphatic rings. The summed E-state index contributed by atoms with van der Waals surface area (Å²) >= 11 is 0. The molecule has 0 radical (unpaired) electrons. The van der Waals surface area contributed by atoms with Crippen molar-refractivity contribution in [2.75, 3.05) is 26.2 Å². The van der Waals surface area contributed by atoms with Gasteiger partial charge in [-0.3, -0.25) is 14.2 Å². The zero-order valence-corrected chi connectivity index (χ0v) is 23.0. The van der Waals surface area contributed by atoms with Gasteiger partial charge in [-0.2, -0.15) is 0 Å². The second kappa shape index (κ2) is 13.2. The van der Waals surface area contributed by atoms with Crippen molar-refractivity contribution in [2.24, 2.45) is 5.73 Å². The van der Waals surface area contributed by atoms with E-state index in [1.807, 2.05) is 44.2 Å². The van der Waals surface area contributed by atoms with Crippen molar-refractivity contribution in [3.05, 3.63) is 69.5 Å². The first-order chi connectivity index (χ1) is 18.9. The number of allylic oxidation sites excluding steroid dienone is 1. The summed E-state index contributed by atoms with van der Waals surface area (Å²) in [4.78, 5) is 34.0. The smallest absolute Gasteiger partial charge is 0.262 e. The van der Waals surface area contributed by atoms with Crippen molar-refractivity contribution >= 4 is 29.5 Å². The quantitative estimate of drug-likeness (QED) is 0.392. The maximum atomic E-state index is 13.9. The zero-order valence-electron chi connectivity index (χ0n) is 23.0. The largest absolute Gasteiger partial charge is 0.494 e. The Morgan fingerprint density at radius 2 is 2.00 bits per heavy atom. The van der Waals surface area contributed by atoms with Gasteiger partial charge in [0.25, 0.3) is 5.56 Å². The van der Waals surface area contributed by atoms with E-state index in [1.165, 1.54) is 30.0 Å². The van der Waals surface area contributed by atoms with Crippen LogP contribution in [0.25, 0.3) is 34.9 Å². The minimum absolute atomic E-state index is 0.0586. The molecule has 2 aromatic carbocycles. The van der Waals surface area contributed by atoms with Crippen molar-refractivity contribution < 1.29 is 9.53 Å². The second-order valence-electron chi connectivity index (χ2n) is 10.3. The van der Waals surface area contributed by atoms with Crippen molar-refractivity contribution in [1.29, 1.82) is 0 Å². The van der Waals surface area contributed by atoms with E-state index >= 15 is 0 Å². The molecule has 2 heterocycles. The van der Waals surface area contributed by atoms with Crippen LogP contribution in [0, 0.1) is 0 Å². The van der Waals surface area contributed by atoms with Gasteiger partial charge in [0.05, 0.1) is 17.5 Å². The molecule has 0 bridgehead atoms. The third-order valence-corrected chi connectivity index (χ3v) is 6.82. The third-order valence-electron chi connectivity index (χ3n) is 6.82. The van der Waals surface area contributed by atoms with Crippen molar-refractivity contribution in [3.63, 3.8) is 0 Å². The molecule has 0 saturated carbocycles. The van der Waals surface area contributed by atoms with E-state index in [1.54, 1.807) is 18.2 Å². The minimum Gasteiger partial charge on any atom is -0.494 e. The summed E-state index contributed by atoms with van der Waals surface area (Å²) in [6.45, 7) is 11.6. The van der Waals surface area contributed by atoms with E-state index < -0.39 is 0 Å². The van der Waals surface area contributed by atoms with Gasteiger partial charge >= 0.3 is 0 Å². The van der Waals surface area contributed by atoms with E-state index in [-0.39, 0.29) is 24.1 Å². The molecule has 39 heavy (non-hydrogen) atoms. The van der Waals surface area contributed by atoms with Crippen LogP contribution in [0.3, 0.4) is 0 Å². The van der Waals surface area contributed by atoms with Crippen LogP contribution in [0.15, 0.2) is 53.5 Å². The van der Waals surface area contributed by atoms with Crippen LogP contribution in [0.1, 0.15) is 39.5 Å². The number of carbonyl (C=O) groups excluding carboxylic acids is 1. The molecule has 1 saturated heterocycles. The number of fused-ring (bicyclic) bond motifs is 1. The van der Waals surface area contributed by atoms with Crippen LogP contribution in [0.4, 0.5) is 0 Å². The van der Waals surface area contributed by atoms with Gasteiger partial charge in [0.1, 0.15) is 18.1 Å². The fraction of sp³-hybridized carbons (Fsp3) is 0.387. The minimum atomic E-state index is -0.303. The molecule has 206 valence electrons. The van der Waals surface area contributed by atoms with Crippen LogP contribution in [-0.4, -0.2) is 52.6 Å². The van der Waals surface area contributed by atoms with E-state index in [9.17, 15) is 9.59 Å². The van der Waals surface area contributed by atoms with Crippen LogP contribution >= 0.6 is 0 Å². The lowest BCUT2D eigenvalue weighted by Gasteiger charge is -2.26. The topological polar surface area (TPSA) is 102 Å². The molecular formula is C31H39N5O3. The SMILES string of the molecule is C=c1cccc(-c2nc3ccc(OCCCN4CCCCC4)cc3c(=O)n2CC(=O)NC(C)C)/c1=C/C=C\N. The molecule has 3 aromatic rings. The van der Waals surface area contributed by atoms with Gasteiger partial charge in [-0.05, 0) is 87.1 Å². The number of hydrogen-bond donors (Lipinski definition) is 2. The average molecular weight is 530 g/mol. The Morgan fingerprint density at radius 1 is 1.21 bits per heavy atom. The Balaban J connectivity index is 1.71. The fourth-order valence-electron chi connectivity index (χ4n) is 4.97. The first-order valence-corrected chi connectivity index (χ1v) is 13.7. The number of hydrogen-bond acceptors (Lipinski definition) is 6. The van der Waals surface area contributed by atoms with Crippen molar-refractivity contribution in [2.45, 2.75) is 52.1 Å². The van der Waals surface area contributed by atoms with Crippen LogP contribution in [0.5, 0.6) is 5.75 Å². The maximum absolute atomic E-state index is 13.9. The van der Waals surface area contributed by atoms with Gasteiger partial charge in [-0.25, -0.2) is 4.98 Å². The summed E-state index contributed by atoms with van der Waals surface area (Å²) in [7, 11) is 0. The lowest BCUT2D eigenvalue weighted by atomic mass is 10.1. The number of nitrogens with zero attached hydrogens (tertiary/aromatic N) is 3. The number of nitrogens with one attached hydrogen (secondary N) is 1. The van der Waals surface area contributed by atoms with E-state index in [2.05, 4.69) is 16.8 Å². The molecule has 3 N–H and O–H groups in total. The molecule has 4 rings (SSSR count). The van der Waals surface area contributed by atoms with Crippen LogP contribution in [0.2, 0.25) is 0 Å². The molecule has 1 fully saturated rings. The lowest BCUT2D eigenvalue weighted by molar-refractivity contribution is -0.122. The van der Waals surface area contributed by atoms with E-state index in [0.717, 1.165) is 36.5 Å². The first-order valence-electron chi connectivity index (χ1n) is 13.7. The van der Waals surface area contributed by atoms with E-state index in [4.69, 9.17) is 15.5 Å². The Morgan fingerprint density at radius 3 is 2.74 bits per heavy atom. The van der Waals surface area contributed by atoms with Crippen LogP contribution in [-0.2, 0) is 11.3 Å². The highest BCUT2D eigenvalue weighted by atomic mass is 16.5. The highest BCUT2D eigenvalue weighted by Gasteiger charge is 2.18. The number of rotatable bonds is 10. The van der Waals surface area contributed by atoms with Gasteiger partial charge in [0, 0.05) is 18.2 Å². The Labute approximate surface area is 229 Å². The highest BCUT2D eigenvalue weighted by Crippen LogP contribution is 2.21. The Hall–Kier alpha value is -3.91. The molecule has 0 unspecified atom stereocenters. The van der Waals surface area contributed by atoms with Gasteiger partial charge in [0.15, 0.2) is 0 Å². The number of amides is 1. The third kappa shape index (κ3) is 7.15. The summed E-state index contributed by atoms with van der Waals surface area (Å²) < 4.78 is 7.44. The number of nitrogens with two attached hydrogens (primary N) is 1. The summed E-state index contributed by atoms with van der Waals surface area (Å²) in [6, 6.07) is 10.9. The molecule has 8 nitrogen and oxygen atoms in total. The number of ether oxygens (including phenoxy) is 1. The normalized spacial score (nSPS) is 14.9.